The molecule has 0 radical (unpaired) electrons. The molecule has 0 rings (SSSR count). The number of primary amides is 2. The Morgan fingerprint density at radius 2 is 1.53 bits per heavy atom. The fourth-order valence-corrected chi connectivity index (χ4v) is 0.856. The maximum absolute atomic E-state index is 11.2. The average molecular weight is 245 g/mol. The molecule has 0 saturated carbocycles. The van der Waals surface area contributed by atoms with Gasteiger partial charge in [0.05, 0.1) is 25.6 Å². The zero-order chi connectivity index (χ0) is 13.4. The summed E-state index contributed by atoms with van der Waals surface area (Å²) in [6.45, 7) is -0.680. The largest absolute Gasteiger partial charge is 0.370 e. The normalized spacial score (nSPS) is 11.4. The van der Waals surface area contributed by atoms with Gasteiger partial charge in [0.25, 0.3) is 0 Å². The van der Waals surface area contributed by atoms with Crippen molar-refractivity contribution < 1.29 is 19.2 Å². The van der Waals surface area contributed by atoms with E-state index in [1.807, 2.05) is 0 Å². The molecule has 17 heavy (non-hydrogen) atoms. The van der Waals surface area contributed by atoms with E-state index in [0.717, 1.165) is 0 Å². The van der Waals surface area contributed by atoms with Gasteiger partial charge in [0, 0.05) is 0 Å². The highest BCUT2D eigenvalue weighted by molar-refractivity contribution is 5.91. The Morgan fingerprint density at radius 3 is 2.00 bits per heavy atom. The van der Waals surface area contributed by atoms with Crippen molar-refractivity contribution >= 4 is 23.6 Å². The van der Waals surface area contributed by atoms with Crippen molar-refractivity contribution in [2.75, 3.05) is 13.1 Å². The van der Waals surface area contributed by atoms with Gasteiger partial charge in [-0.1, -0.05) is 0 Å². The Morgan fingerprint density at radius 1 is 0.941 bits per heavy atom. The van der Waals surface area contributed by atoms with Crippen LogP contribution in [0.15, 0.2) is 0 Å². The summed E-state index contributed by atoms with van der Waals surface area (Å²) in [7, 11) is 0. The summed E-state index contributed by atoms with van der Waals surface area (Å²) >= 11 is 0. The van der Waals surface area contributed by atoms with Crippen molar-refractivity contribution in [3.05, 3.63) is 0 Å². The summed E-state index contributed by atoms with van der Waals surface area (Å²) in [4.78, 5) is 43.0. The highest BCUT2D eigenvalue weighted by Crippen LogP contribution is 1.86. The Labute approximate surface area is 97.1 Å². The summed E-state index contributed by atoms with van der Waals surface area (Å²) in [6.07, 6.45) is -0.311. The van der Waals surface area contributed by atoms with Gasteiger partial charge >= 0.3 is 0 Å². The molecule has 0 spiro atoms. The molecule has 1 atom stereocenters. The van der Waals surface area contributed by atoms with Crippen LogP contribution in [-0.4, -0.2) is 42.8 Å². The number of carbonyl (C=O) groups is 4. The van der Waals surface area contributed by atoms with Crippen molar-refractivity contribution in [2.24, 2.45) is 17.2 Å². The lowest BCUT2D eigenvalue weighted by atomic mass is 10.2. The average Bonchev–Trinajstić information content (AvgIpc) is 2.21. The Bertz CT molecular complexity index is 330. The number of hydrogen-bond donors (Lipinski definition) is 5. The Balaban J connectivity index is 3.87. The molecule has 9 nitrogen and oxygen atoms in total. The first-order valence-electron chi connectivity index (χ1n) is 4.69. The summed E-state index contributed by atoms with van der Waals surface area (Å²) in [6, 6.07) is -1.10. The molecular formula is C8H15N5O4. The number of hydrogen-bond acceptors (Lipinski definition) is 5. The fraction of sp³-hybridized carbons (Fsp3) is 0.500. The van der Waals surface area contributed by atoms with Crippen LogP contribution in [0.2, 0.25) is 0 Å². The standard InChI is InChI=1S/C8H15N5O4/c9-4(1-5(10)14)8(17)13-3-7(16)12-2-6(11)15/h4H,1-3,9H2,(H2,10,14)(H2,11,15)(H,12,16)(H,13,17)/t4-/m0/s1. The Hall–Kier alpha value is -2.16. The highest BCUT2D eigenvalue weighted by atomic mass is 16.2. The van der Waals surface area contributed by atoms with Crippen molar-refractivity contribution in [1.82, 2.24) is 10.6 Å². The third kappa shape index (κ3) is 7.73. The molecule has 0 bridgehead atoms. The van der Waals surface area contributed by atoms with Crippen LogP contribution in [0, 0.1) is 0 Å². The third-order valence-corrected chi connectivity index (χ3v) is 1.64. The molecule has 9 heteroatoms. The molecule has 0 aliphatic carbocycles. The van der Waals surface area contributed by atoms with Crippen molar-refractivity contribution in [3.63, 3.8) is 0 Å². The van der Waals surface area contributed by atoms with Gasteiger partial charge in [-0.2, -0.15) is 0 Å². The lowest BCUT2D eigenvalue weighted by Gasteiger charge is -2.10. The second kappa shape index (κ2) is 7.17. The van der Waals surface area contributed by atoms with E-state index in [0.29, 0.717) is 0 Å². The van der Waals surface area contributed by atoms with Crippen LogP contribution >= 0.6 is 0 Å². The maximum atomic E-state index is 11.2. The lowest BCUT2D eigenvalue weighted by molar-refractivity contribution is -0.129. The fourth-order valence-electron chi connectivity index (χ4n) is 0.856. The van der Waals surface area contributed by atoms with E-state index >= 15 is 0 Å². The summed E-state index contributed by atoms with van der Waals surface area (Å²) in [5.74, 6) is -2.69. The van der Waals surface area contributed by atoms with E-state index in [1.165, 1.54) is 0 Å². The zero-order valence-corrected chi connectivity index (χ0v) is 9.06. The monoisotopic (exact) mass is 245 g/mol. The van der Waals surface area contributed by atoms with Crippen LogP contribution in [0.5, 0.6) is 0 Å². The Kier molecular flexibility index (Phi) is 6.26. The van der Waals surface area contributed by atoms with Crippen molar-refractivity contribution in [1.29, 1.82) is 0 Å². The van der Waals surface area contributed by atoms with Crippen LogP contribution in [0.25, 0.3) is 0 Å². The molecule has 0 unspecified atom stereocenters. The van der Waals surface area contributed by atoms with E-state index in [1.54, 1.807) is 0 Å². The molecule has 96 valence electrons. The number of carbonyl (C=O) groups excluding carboxylic acids is 4. The first kappa shape index (κ1) is 14.8. The van der Waals surface area contributed by atoms with Gasteiger partial charge in [-0.25, -0.2) is 0 Å². The summed E-state index contributed by atoms with van der Waals surface area (Å²) in [5, 5.41) is 4.33. The molecule has 0 aromatic rings. The summed E-state index contributed by atoms with van der Waals surface area (Å²) in [5.41, 5.74) is 14.9. The molecule has 0 aromatic heterocycles. The van der Waals surface area contributed by atoms with Crippen LogP contribution in [0.4, 0.5) is 0 Å². The van der Waals surface area contributed by atoms with E-state index < -0.39 is 29.7 Å². The molecule has 0 aliphatic rings. The van der Waals surface area contributed by atoms with Gasteiger partial charge in [0.2, 0.25) is 23.6 Å². The van der Waals surface area contributed by atoms with Gasteiger partial charge in [-0.05, 0) is 0 Å². The van der Waals surface area contributed by atoms with Crippen molar-refractivity contribution in [2.45, 2.75) is 12.5 Å². The van der Waals surface area contributed by atoms with E-state index in [-0.39, 0.29) is 19.5 Å². The topological polar surface area (TPSA) is 170 Å². The van der Waals surface area contributed by atoms with Crippen molar-refractivity contribution in [3.8, 4) is 0 Å². The van der Waals surface area contributed by atoms with Gasteiger partial charge in [0.15, 0.2) is 0 Å². The predicted molar refractivity (Wildman–Crippen MR) is 57.0 cm³/mol. The minimum absolute atomic E-state index is 0.311. The van der Waals surface area contributed by atoms with E-state index in [9.17, 15) is 19.2 Å². The van der Waals surface area contributed by atoms with Crippen LogP contribution in [0.1, 0.15) is 6.42 Å². The molecule has 0 saturated heterocycles. The minimum Gasteiger partial charge on any atom is -0.370 e. The number of rotatable bonds is 7. The van der Waals surface area contributed by atoms with Crippen LogP contribution in [0.3, 0.4) is 0 Å². The molecule has 0 heterocycles. The van der Waals surface area contributed by atoms with Gasteiger partial charge in [0.1, 0.15) is 0 Å². The predicted octanol–water partition coefficient (Wildman–Crippen LogP) is -4.09. The lowest BCUT2D eigenvalue weighted by Crippen LogP contribution is -2.47. The SMILES string of the molecule is NC(=O)CNC(=O)CNC(=O)[C@@H](N)CC(N)=O. The van der Waals surface area contributed by atoms with E-state index in [2.05, 4.69) is 10.6 Å². The van der Waals surface area contributed by atoms with Gasteiger partial charge < -0.3 is 27.8 Å². The smallest absolute Gasteiger partial charge is 0.239 e. The number of amides is 4. The minimum atomic E-state index is -1.10. The molecule has 8 N–H and O–H groups in total. The van der Waals surface area contributed by atoms with Gasteiger partial charge in [-0.3, -0.25) is 19.2 Å². The number of nitrogens with one attached hydrogen (secondary N) is 2. The van der Waals surface area contributed by atoms with Crippen LogP contribution < -0.4 is 27.8 Å². The maximum Gasteiger partial charge on any atom is 0.239 e. The summed E-state index contributed by atoms with van der Waals surface area (Å²) < 4.78 is 0. The zero-order valence-electron chi connectivity index (χ0n) is 9.06. The highest BCUT2D eigenvalue weighted by Gasteiger charge is 2.16. The first-order chi connectivity index (χ1) is 7.82. The second-order valence-corrected chi connectivity index (χ2v) is 3.24. The van der Waals surface area contributed by atoms with Gasteiger partial charge in [-0.15, -0.1) is 0 Å². The quantitative estimate of drug-likeness (QED) is 0.306. The van der Waals surface area contributed by atoms with Crippen LogP contribution in [-0.2, 0) is 19.2 Å². The molecule has 0 fully saturated rings. The molecule has 0 aromatic carbocycles. The second-order valence-electron chi connectivity index (χ2n) is 3.24. The molecule has 4 amide bonds. The van der Waals surface area contributed by atoms with E-state index in [4.69, 9.17) is 17.2 Å². The number of nitrogens with two attached hydrogens (primary N) is 3. The molecule has 0 aliphatic heterocycles. The molecular weight excluding hydrogens is 230 g/mol. The first-order valence-corrected chi connectivity index (χ1v) is 4.69. The third-order valence-electron chi connectivity index (χ3n) is 1.64.